The Hall–Kier alpha value is -2.01. The summed E-state index contributed by atoms with van der Waals surface area (Å²) < 4.78 is 5.11. The van der Waals surface area contributed by atoms with Crippen LogP contribution in [0.25, 0.3) is 0 Å². The molecule has 2 aromatic heterocycles. The number of nitrogens with zero attached hydrogens (tertiary/aromatic N) is 3. The van der Waals surface area contributed by atoms with Gasteiger partial charge in [-0.15, -0.1) is 0 Å². The smallest absolute Gasteiger partial charge is 0.216 e. The first-order chi connectivity index (χ1) is 8.83. The molecule has 94 valence electrons. The van der Waals surface area contributed by atoms with Crippen molar-refractivity contribution in [1.29, 1.82) is 0 Å². The van der Waals surface area contributed by atoms with Gasteiger partial charge in [0, 0.05) is 18.5 Å². The maximum atomic E-state index is 5.11. The van der Waals surface area contributed by atoms with Crippen molar-refractivity contribution in [2.24, 2.45) is 0 Å². The summed E-state index contributed by atoms with van der Waals surface area (Å²) in [5.41, 5.74) is 2.07. The second-order valence-corrected chi connectivity index (χ2v) is 3.89. The van der Waals surface area contributed by atoms with Gasteiger partial charge in [0.15, 0.2) is 0 Å². The summed E-state index contributed by atoms with van der Waals surface area (Å²) >= 11 is 0. The fraction of sp³-hybridized carbons (Fsp3) is 0.308. The topological polar surface area (TPSA) is 59.9 Å². The van der Waals surface area contributed by atoms with Crippen molar-refractivity contribution in [3.8, 4) is 5.88 Å². The molecule has 2 aromatic rings. The Morgan fingerprint density at radius 1 is 1.39 bits per heavy atom. The maximum Gasteiger partial charge on any atom is 0.216 e. The SMILES string of the molecule is CNC(Cc1cccnc1)c1cc(OC)ncn1. The number of ether oxygens (including phenoxy) is 1. The van der Waals surface area contributed by atoms with Gasteiger partial charge in [0.1, 0.15) is 6.33 Å². The lowest BCUT2D eigenvalue weighted by atomic mass is 10.0. The molecular weight excluding hydrogens is 228 g/mol. The van der Waals surface area contributed by atoms with Crippen LogP contribution in [0.15, 0.2) is 36.9 Å². The summed E-state index contributed by atoms with van der Waals surface area (Å²) in [4.78, 5) is 12.4. The third kappa shape index (κ3) is 3.01. The van der Waals surface area contributed by atoms with Crippen LogP contribution in [0.3, 0.4) is 0 Å². The Balaban J connectivity index is 2.17. The monoisotopic (exact) mass is 244 g/mol. The van der Waals surface area contributed by atoms with E-state index < -0.39 is 0 Å². The second-order valence-electron chi connectivity index (χ2n) is 3.89. The molecule has 0 amide bonds. The van der Waals surface area contributed by atoms with Crippen molar-refractivity contribution in [3.63, 3.8) is 0 Å². The highest BCUT2D eigenvalue weighted by Gasteiger charge is 2.12. The first kappa shape index (κ1) is 12.4. The molecule has 0 aliphatic heterocycles. The normalized spacial score (nSPS) is 12.1. The fourth-order valence-corrected chi connectivity index (χ4v) is 1.76. The highest BCUT2D eigenvalue weighted by atomic mass is 16.5. The summed E-state index contributed by atoms with van der Waals surface area (Å²) in [6.45, 7) is 0. The van der Waals surface area contributed by atoms with Crippen molar-refractivity contribution < 1.29 is 4.74 Å². The van der Waals surface area contributed by atoms with Crippen molar-refractivity contribution in [2.75, 3.05) is 14.2 Å². The van der Waals surface area contributed by atoms with E-state index in [0.717, 1.165) is 17.7 Å². The minimum Gasteiger partial charge on any atom is -0.481 e. The summed E-state index contributed by atoms with van der Waals surface area (Å²) in [5, 5.41) is 3.24. The predicted octanol–water partition coefficient (Wildman–Crippen LogP) is 1.38. The highest BCUT2D eigenvalue weighted by Crippen LogP contribution is 2.18. The van der Waals surface area contributed by atoms with Gasteiger partial charge in [-0.3, -0.25) is 4.98 Å². The Kier molecular flexibility index (Phi) is 4.20. The molecule has 5 nitrogen and oxygen atoms in total. The third-order valence-corrected chi connectivity index (χ3v) is 2.74. The van der Waals surface area contributed by atoms with Crippen LogP contribution in [0.5, 0.6) is 5.88 Å². The number of methoxy groups -OCH3 is 1. The molecular formula is C13H16N4O. The van der Waals surface area contributed by atoms with E-state index in [-0.39, 0.29) is 6.04 Å². The van der Waals surface area contributed by atoms with Crippen molar-refractivity contribution in [2.45, 2.75) is 12.5 Å². The number of pyridine rings is 1. The van der Waals surface area contributed by atoms with Crippen LogP contribution in [0.4, 0.5) is 0 Å². The van der Waals surface area contributed by atoms with Crippen molar-refractivity contribution >= 4 is 0 Å². The van der Waals surface area contributed by atoms with Crippen molar-refractivity contribution in [3.05, 3.63) is 48.2 Å². The molecule has 0 fully saturated rings. The van der Waals surface area contributed by atoms with E-state index in [4.69, 9.17) is 4.74 Å². The molecule has 2 rings (SSSR count). The maximum absolute atomic E-state index is 5.11. The summed E-state index contributed by atoms with van der Waals surface area (Å²) in [6, 6.07) is 5.95. The molecule has 18 heavy (non-hydrogen) atoms. The lowest BCUT2D eigenvalue weighted by Crippen LogP contribution is -2.20. The average molecular weight is 244 g/mol. The van der Waals surface area contributed by atoms with E-state index in [2.05, 4.69) is 26.3 Å². The molecule has 2 heterocycles. The van der Waals surface area contributed by atoms with Crippen molar-refractivity contribution in [1.82, 2.24) is 20.3 Å². The van der Waals surface area contributed by atoms with Gasteiger partial charge < -0.3 is 10.1 Å². The van der Waals surface area contributed by atoms with Crippen LogP contribution in [-0.2, 0) is 6.42 Å². The number of rotatable bonds is 5. The van der Waals surface area contributed by atoms with E-state index in [1.54, 1.807) is 13.3 Å². The van der Waals surface area contributed by atoms with Gasteiger partial charge in [0.05, 0.1) is 18.8 Å². The van der Waals surface area contributed by atoms with Crippen LogP contribution in [0.1, 0.15) is 17.3 Å². The average Bonchev–Trinajstić information content (AvgIpc) is 2.46. The minimum atomic E-state index is 0.117. The Morgan fingerprint density at radius 2 is 2.28 bits per heavy atom. The molecule has 1 atom stereocenters. The Labute approximate surface area is 106 Å². The first-order valence-corrected chi connectivity index (χ1v) is 5.75. The molecule has 1 unspecified atom stereocenters. The fourth-order valence-electron chi connectivity index (χ4n) is 1.76. The van der Waals surface area contributed by atoms with Crippen LogP contribution in [-0.4, -0.2) is 29.1 Å². The van der Waals surface area contributed by atoms with Gasteiger partial charge in [0.25, 0.3) is 0 Å². The zero-order chi connectivity index (χ0) is 12.8. The first-order valence-electron chi connectivity index (χ1n) is 5.75. The van der Waals surface area contributed by atoms with E-state index in [1.807, 2.05) is 25.4 Å². The highest BCUT2D eigenvalue weighted by molar-refractivity contribution is 5.20. The largest absolute Gasteiger partial charge is 0.481 e. The molecule has 0 aromatic carbocycles. The third-order valence-electron chi connectivity index (χ3n) is 2.74. The molecule has 0 bridgehead atoms. The molecule has 0 saturated carbocycles. The predicted molar refractivity (Wildman–Crippen MR) is 68.3 cm³/mol. The lowest BCUT2D eigenvalue weighted by molar-refractivity contribution is 0.394. The van der Waals surface area contributed by atoms with E-state index in [0.29, 0.717) is 5.88 Å². The minimum absolute atomic E-state index is 0.117. The van der Waals surface area contributed by atoms with E-state index >= 15 is 0 Å². The molecule has 0 saturated heterocycles. The zero-order valence-corrected chi connectivity index (χ0v) is 10.5. The summed E-state index contributed by atoms with van der Waals surface area (Å²) in [5.74, 6) is 0.575. The second kappa shape index (κ2) is 6.07. The molecule has 0 radical (unpaired) electrons. The van der Waals surface area contributed by atoms with Crippen LogP contribution in [0, 0.1) is 0 Å². The van der Waals surface area contributed by atoms with Gasteiger partial charge in [-0.1, -0.05) is 6.07 Å². The number of likely N-dealkylation sites (N-methyl/N-ethyl adjacent to an activating group) is 1. The van der Waals surface area contributed by atoms with Crippen LogP contribution < -0.4 is 10.1 Å². The van der Waals surface area contributed by atoms with E-state index in [1.165, 1.54) is 6.33 Å². The molecule has 1 N–H and O–H groups in total. The molecule has 0 spiro atoms. The van der Waals surface area contributed by atoms with Crippen LogP contribution in [0.2, 0.25) is 0 Å². The van der Waals surface area contributed by atoms with Gasteiger partial charge in [-0.25, -0.2) is 9.97 Å². The van der Waals surface area contributed by atoms with Gasteiger partial charge in [-0.05, 0) is 25.1 Å². The molecule has 0 aliphatic carbocycles. The quantitative estimate of drug-likeness (QED) is 0.861. The Bertz CT molecular complexity index is 489. The van der Waals surface area contributed by atoms with E-state index in [9.17, 15) is 0 Å². The van der Waals surface area contributed by atoms with Crippen LogP contribution >= 0.6 is 0 Å². The van der Waals surface area contributed by atoms with Gasteiger partial charge in [0.2, 0.25) is 5.88 Å². The Morgan fingerprint density at radius 3 is 2.94 bits per heavy atom. The number of nitrogens with one attached hydrogen (secondary N) is 1. The van der Waals surface area contributed by atoms with Gasteiger partial charge in [-0.2, -0.15) is 0 Å². The molecule has 0 aliphatic rings. The number of hydrogen-bond acceptors (Lipinski definition) is 5. The standard InChI is InChI=1S/C13H16N4O/c1-14-11(6-10-4-3-5-15-8-10)12-7-13(18-2)17-9-16-12/h3-5,7-9,11,14H,6H2,1-2H3. The lowest BCUT2D eigenvalue weighted by Gasteiger charge is -2.15. The zero-order valence-electron chi connectivity index (χ0n) is 10.5. The molecule has 5 heteroatoms. The van der Waals surface area contributed by atoms with Gasteiger partial charge >= 0.3 is 0 Å². The summed E-state index contributed by atoms with van der Waals surface area (Å²) in [6.07, 6.45) is 5.97. The number of aromatic nitrogens is 3. The number of hydrogen-bond donors (Lipinski definition) is 1. The summed E-state index contributed by atoms with van der Waals surface area (Å²) in [7, 11) is 3.51.